The van der Waals surface area contributed by atoms with E-state index in [-0.39, 0.29) is 5.78 Å². The number of hydrogen-bond donors (Lipinski definition) is 0. The second kappa shape index (κ2) is 3.92. The first-order valence-corrected chi connectivity index (χ1v) is 4.46. The Bertz CT molecular complexity index is 388. The van der Waals surface area contributed by atoms with Gasteiger partial charge in [-0.15, -0.1) is 0 Å². The molecule has 2 heteroatoms. The molecule has 1 heterocycles. The van der Waals surface area contributed by atoms with E-state index in [1.807, 2.05) is 36.4 Å². The fourth-order valence-electron chi connectivity index (χ4n) is 1.29. The molecule has 0 fully saturated rings. The van der Waals surface area contributed by atoms with Gasteiger partial charge >= 0.3 is 0 Å². The molecule has 0 saturated heterocycles. The van der Waals surface area contributed by atoms with E-state index in [9.17, 15) is 4.79 Å². The van der Waals surface area contributed by atoms with Gasteiger partial charge in [0.1, 0.15) is 5.76 Å². The Morgan fingerprint density at radius 2 is 2.00 bits per heavy atom. The fraction of sp³-hybridized carbons (Fsp3) is 0.0833. The molecule has 0 bridgehead atoms. The summed E-state index contributed by atoms with van der Waals surface area (Å²) >= 11 is 0. The van der Waals surface area contributed by atoms with Crippen LogP contribution in [0.5, 0.6) is 0 Å². The maximum atomic E-state index is 11.1. The van der Waals surface area contributed by atoms with Gasteiger partial charge in [0.25, 0.3) is 0 Å². The molecule has 0 saturated carbocycles. The number of benzene rings is 1. The largest absolute Gasteiger partial charge is 0.469 e. The van der Waals surface area contributed by atoms with Crippen molar-refractivity contribution in [2.24, 2.45) is 0 Å². The van der Waals surface area contributed by atoms with Gasteiger partial charge < -0.3 is 4.74 Å². The fourth-order valence-corrected chi connectivity index (χ4v) is 1.29. The number of carbonyl (C=O) groups is 1. The summed E-state index contributed by atoms with van der Waals surface area (Å²) in [6.45, 7) is 0. The zero-order valence-corrected chi connectivity index (χ0v) is 7.64. The highest BCUT2D eigenvalue weighted by atomic mass is 16.5. The molecule has 0 aliphatic carbocycles. The zero-order chi connectivity index (χ0) is 9.80. The van der Waals surface area contributed by atoms with Gasteiger partial charge in [-0.25, -0.2) is 0 Å². The van der Waals surface area contributed by atoms with Gasteiger partial charge in [0.15, 0.2) is 5.78 Å². The van der Waals surface area contributed by atoms with Crippen molar-refractivity contribution in [1.82, 2.24) is 0 Å². The van der Waals surface area contributed by atoms with Gasteiger partial charge in [-0.2, -0.15) is 0 Å². The summed E-state index contributed by atoms with van der Waals surface area (Å²) in [5.74, 6) is 0.780. The number of carbonyl (C=O) groups excluding carboxylic acids is 1. The van der Waals surface area contributed by atoms with Gasteiger partial charge in [0, 0.05) is 6.08 Å². The molecular weight excluding hydrogens is 176 g/mol. The molecule has 0 amide bonds. The molecule has 1 aromatic rings. The summed E-state index contributed by atoms with van der Waals surface area (Å²) in [6, 6.07) is 9.80. The summed E-state index contributed by atoms with van der Waals surface area (Å²) in [5.41, 5.74) is 1.05. The summed E-state index contributed by atoms with van der Waals surface area (Å²) in [6.07, 6.45) is 5.11. The van der Waals surface area contributed by atoms with Crippen LogP contribution < -0.4 is 0 Å². The number of hydrogen-bond acceptors (Lipinski definition) is 2. The van der Waals surface area contributed by atoms with Crippen molar-refractivity contribution in [3.05, 3.63) is 54.0 Å². The van der Waals surface area contributed by atoms with Crippen LogP contribution in [0.1, 0.15) is 12.0 Å². The molecule has 2 rings (SSSR count). The second-order valence-corrected chi connectivity index (χ2v) is 3.09. The van der Waals surface area contributed by atoms with Crippen LogP contribution in [0.25, 0.3) is 6.08 Å². The Balaban J connectivity index is 2.20. The molecule has 0 radical (unpaired) electrons. The molecule has 1 aliphatic rings. The molecule has 70 valence electrons. The van der Waals surface area contributed by atoms with E-state index >= 15 is 0 Å². The predicted molar refractivity (Wildman–Crippen MR) is 54.3 cm³/mol. The SMILES string of the molecule is O=C1C=CO/C(=C\c2ccccc2)C1. The van der Waals surface area contributed by atoms with Crippen LogP contribution in [0, 0.1) is 0 Å². The third kappa shape index (κ3) is 2.10. The van der Waals surface area contributed by atoms with Crippen LogP contribution in [0.15, 0.2) is 48.4 Å². The highest BCUT2D eigenvalue weighted by molar-refractivity contribution is 5.92. The molecule has 0 aromatic heterocycles. The smallest absolute Gasteiger partial charge is 0.166 e. The Morgan fingerprint density at radius 3 is 2.71 bits per heavy atom. The van der Waals surface area contributed by atoms with E-state index in [1.165, 1.54) is 12.3 Å². The van der Waals surface area contributed by atoms with Gasteiger partial charge in [-0.05, 0) is 11.6 Å². The topological polar surface area (TPSA) is 26.3 Å². The lowest BCUT2D eigenvalue weighted by atomic mass is 10.1. The molecule has 0 unspecified atom stereocenters. The van der Waals surface area contributed by atoms with Gasteiger partial charge in [0.2, 0.25) is 0 Å². The van der Waals surface area contributed by atoms with Crippen molar-refractivity contribution >= 4 is 11.9 Å². The lowest BCUT2D eigenvalue weighted by Crippen LogP contribution is -2.02. The maximum Gasteiger partial charge on any atom is 0.166 e. The molecule has 0 atom stereocenters. The minimum atomic E-state index is 0.0819. The summed E-state index contributed by atoms with van der Waals surface area (Å²) in [5, 5.41) is 0. The summed E-state index contributed by atoms with van der Waals surface area (Å²) < 4.78 is 5.21. The van der Waals surface area contributed by atoms with Crippen molar-refractivity contribution in [2.75, 3.05) is 0 Å². The standard InChI is InChI=1S/C12H10O2/c13-11-6-7-14-12(9-11)8-10-4-2-1-3-5-10/h1-8H,9H2/b12-8-. The van der Waals surface area contributed by atoms with Crippen LogP contribution in [-0.4, -0.2) is 5.78 Å². The Morgan fingerprint density at radius 1 is 1.21 bits per heavy atom. The third-order valence-corrected chi connectivity index (χ3v) is 1.95. The van der Waals surface area contributed by atoms with E-state index in [0.717, 1.165) is 5.56 Å². The quantitative estimate of drug-likeness (QED) is 0.673. The van der Waals surface area contributed by atoms with Crippen LogP contribution in [-0.2, 0) is 9.53 Å². The van der Waals surface area contributed by atoms with Crippen LogP contribution in [0.2, 0.25) is 0 Å². The second-order valence-electron chi connectivity index (χ2n) is 3.09. The minimum absolute atomic E-state index is 0.0819. The Kier molecular flexibility index (Phi) is 2.45. The molecule has 1 aromatic carbocycles. The van der Waals surface area contributed by atoms with E-state index < -0.39 is 0 Å². The lowest BCUT2D eigenvalue weighted by Gasteiger charge is -2.08. The summed E-state index contributed by atoms with van der Waals surface area (Å²) in [7, 11) is 0. The van der Waals surface area contributed by atoms with E-state index in [1.54, 1.807) is 0 Å². The molecule has 0 spiro atoms. The molecule has 1 aliphatic heterocycles. The van der Waals surface area contributed by atoms with Gasteiger partial charge in [-0.1, -0.05) is 30.3 Å². The number of ketones is 1. The van der Waals surface area contributed by atoms with Gasteiger partial charge in [0.05, 0.1) is 12.7 Å². The van der Waals surface area contributed by atoms with Crippen LogP contribution in [0.4, 0.5) is 0 Å². The number of rotatable bonds is 1. The van der Waals surface area contributed by atoms with Crippen molar-refractivity contribution in [1.29, 1.82) is 0 Å². The first kappa shape index (κ1) is 8.75. The number of allylic oxidation sites excluding steroid dienone is 2. The maximum absolute atomic E-state index is 11.1. The van der Waals surface area contributed by atoms with E-state index in [4.69, 9.17) is 4.74 Å². The lowest BCUT2D eigenvalue weighted by molar-refractivity contribution is -0.115. The average molecular weight is 186 g/mol. The number of ether oxygens (including phenoxy) is 1. The highest BCUT2D eigenvalue weighted by Crippen LogP contribution is 2.15. The van der Waals surface area contributed by atoms with Crippen molar-refractivity contribution < 1.29 is 9.53 Å². The predicted octanol–water partition coefficient (Wildman–Crippen LogP) is 2.53. The van der Waals surface area contributed by atoms with Gasteiger partial charge in [-0.3, -0.25) is 4.79 Å². The average Bonchev–Trinajstić information content (AvgIpc) is 2.19. The van der Waals surface area contributed by atoms with Crippen molar-refractivity contribution in [3.63, 3.8) is 0 Å². The normalized spacial score (nSPS) is 18.3. The highest BCUT2D eigenvalue weighted by Gasteiger charge is 2.08. The van der Waals surface area contributed by atoms with E-state index in [0.29, 0.717) is 12.2 Å². The monoisotopic (exact) mass is 186 g/mol. The first-order valence-electron chi connectivity index (χ1n) is 4.46. The summed E-state index contributed by atoms with van der Waals surface area (Å²) in [4.78, 5) is 11.1. The van der Waals surface area contributed by atoms with Crippen LogP contribution in [0.3, 0.4) is 0 Å². The van der Waals surface area contributed by atoms with Crippen molar-refractivity contribution in [2.45, 2.75) is 6.42 Å². The minimum Gasteiger partial charge on any atom is -0.469 e. The van der Waals surface area contributed by atoms with E-state index in [2.05, 4.69) is 0 Å². The third-order valence-electron chi connectivity index (χ3n) is 1.95. The molecule has 2 nitrogen and oxygen atoms in total. The first-order chi connectivity index (χ1) is 6.84. The zero-order valence-electron chi connectivity index (χ0n) is 7.64. The Hall–Kier alpha value is -1.83. The molecular formula is C12H10O2. The molecule has 0 N–H and O–H groups in total. The Labute approximate surface area is 82.5 Å². The van der Waals surface area contributed by atoms with Crippen LogP contribution >= 0.6 is 0 Å². The molecule has 14 heavy (non-hydrogen) atoms. The van der Waals surface area contributed by atoms with Crippen molar-refractivity contribution in [3.8, 4) is 0 Å².